The molecule has 0 N–H and O–H groups in total. The predicted octanol–water partition coefficient (Wildman–Crippen LogP) is 24.5. The van der Waals surface area contributed by atoms with Crippen LogP contribution >= 0.6 is 99.9 Å². The quantitative estimate of drug-likeness (QED) is 0.205. The van der Waals surface area contributed by atoms with E-state index in [9.17, 15) is 0 Å². The van der Waals surface area contributed by atoms with Gasteiger partial charge in [-0.05, 0) is 171 Å². The Morgan fingerprint density at radius 1 is 0.373 bits per heavy atom. The van der Waals surface area contributed by atoms with Crippen molar-refractivity contribution in [3.05, 3.63) is 35.4 Å². The Morgan fingerprint density at radius 3 is 0.910 bits per heavy atom. The molecule has 0 aromatic heterocycles. The van der Waals surface area contributed by atoms with Crippen molar-refractivity contribution in [2.24, 2.45) is 76.9 Å². The molecule has 0 bridgehead atoms. The van der Waals surface area contributed by atoms with Crippen LogP contribution in [0.4, 0.5) is 0 Å². The van der Waals surface area contributed by atoms with Crippen LogP contribution in [-0.4, -0.2) is 0 Å². The summed E-state index contributed by atoms with van der Waals surface area (Å²) in [5, 5.41) is 0. The molecule has 8 rings (SSSR count). The van der Waals surface area contributed by atoms with Gasteiger partial charge in [-0.2, -0.15) is 0 Å². The Hall–Kier alpha value is 4.04. The SMILES string of the molecule is C.C.C.C.CC1CCC(CC2CCC(CC3CCC(C4CCC(C)CC4)CC3)CC2)CC1.CC1CCC(CC2CCC(Cc3ccc(C4CCC(C)CC4)cc3)CC2)CC1.[I][V]([I])[I].[I][V][I]. The van der Waals surface area contributed by atoms with Gasteiger partial charge >= 0.3 is 114 Å². The van der Waals surface area contributed by atoms with Crippen molar-refractivity contribution < 1.29 is 14.4 Å². The van der Waals surface area contributed by atoms with E-state index in [0.29, 0.717) is 9.47 Å². The van der Waals surface area contributed by atoms with Gasteiger partial charge in [0, 0.05) is 0 Å². The van der Waals surface area contributed by atoms with Crippen LogP contribution in [0.25, 0.3) is 0 Å². The number of hydrogen-bond acceptors (Lipinski definition) is 0. The standard InChI is InChI=1S/C28H50.C28H44.4CH4.5HI.2V/c2*1-21-3-7-23(8-4-21)19-24-9-11-25(12-10-24)20-26-13-17-28(18-14-26)27-15-5-22(2)6-16-27;;;;;;;;;;;/h21-28H,3-20H2,1-2H3;13-14,17-18,21-25,27H,3-12,15-16,19-20H2,1-2H3;4*1H4;5*1H;;/q;;;;;;;;;;;+2;+3/p-5. The number of halogens is 5. The van der Waals surface area contributed by atoms with Crippen molar-refractivity contribution in [1.82, 2.24) is 0 Å². The van der Waals surface area contributed by atoms with Gasteiger partial charge in [-0.1, -0.05) is 210 Å². The van der Waals surface area contributed by atoms with Gasteiger partial charge in [0.25, 0.3) is 0 Å². The van der Waals surface area contributed by atoms with Gasteiger partial charge in [0.1, 0.15) is 0 Å². The molecule has 0 heterocycles. The van der Waals surface area contributed by atoms with Gasteiger partial charge in [0.2, 0.25) is 0 Å². The second-order valence-electron chi connectivity index (χ2n) is 23.7. The van der Waals surface area contributed by atoms with Crippen molar-refractivity contribution in [3.8, 4) is 0 Å². The minimum atomic E-state index is -0.278. The molecule has 0 saturated heterocycles. The molecule has 67 heavy (non-hydrogen) atoms. The molecular weight excluding hydrogens is 1460 g/mol. The molecule has 0 atom stereocenters. The molecule has 1 aromatic carbocycles. The van der Waals surface area contributed by atoms with E-state index in [1.54, 1.807) is 107 Å². The van der Waals surface area contributed by atoms with Gasteiger partial charge in [0.15, 0.2) is 0 Å². The molecular formula is C60H110I5V2. The van der Waals surface area contributed by atoms with Gasteiger partial charge in [-0.15, -0.1) is 0 Å². The van der Waals surface area contributed by atoms with Crippen molar-refractivity contribution in [3.63, 3.8) is 0 Å². The summed E-state index contributed by atoms with van der Waals surface area (Å²) >= 11 is 12.1. The fourth-order valence-electron chi connectivity index (χ4n) is 14.4. The van der Waals surface area contributed by atoms with Crippen molar-refractivity contribution >= 4 is 99.9 Å². The van der Waals surface area contributed by atoms with E-state index in [0.717, 1.165) is 82.9 Å². The third-order valence-electron chi connectivity index (χ3n) is 18.8. The van der Waals surface area contributed by atoms with Crippen LogP contribution in [0.2, 0.25) is 0 Å². The average Bonchev–Trinajstić information content (AvgIpc) is 3.28. The minimum absolute atomic E-state index is 0. The third-order valence-corrected chi connectivity index (χ3v) is 18.8. The topological polar surface area (TPSA) is 0 Å². The summed E-state index contributed by atoms with van der Waals surface area (Å²) in [7, 11) is 0.628. The molecule has 7 saturated carbocycles. The maximum atomic E-state index is 2.47. The Kier molecular flexibility index (Phi) is 40.6. The molecule has 0 nitrogen and oxygen atoms in total. The zero-order chi connectivity index (χ0) is 45.0. The molecule has 1 aromatic rings. The van der Waals surface area contributed by atoms with Crippen LogP contribution < -0.4 is 0 Å². The van der Waals surface area contributed by atoms with E-state index >= 15 is 0 Å². The fraction of sp³-hybridized carbons (Fsp3) is 0.900. The van der Waals surface area contributed by atoms with Gasteiger partial charge in [-0.25, -0.2) is 0 Å². The first kappa shape index (κ1) is 69.1. The summed E-state index contributed by atoms with van der Waals surface area (Å²) in [6, 6.07) is 9.85. The molecule has 7 aliphatic rings. The second-order valence-corrected chi connectivity index (χ2v) is 70.9. The van der Waals surface area contributed by atoms with E-state index in [-0.39, 0.29) is 34.6 Å². The normalized spacial score (nSPS) is 35.3. The Balaban J connectivity index is 0.000000559. The van der Waals surface area contributed by atoms with Crippen LogP contribution in [-0.2, 0) is 20.8 Å². The van der Waals surface area contributed by atoms with Crippen LogP contribution in [0.5, 0.6) is 0 Å². The number of benzene rings is 1. The molecule has 7 fully saturated rings. The summed E-state index contributed by atoms with van der Waals surface area (Å²) in [5.41, 5.74) is 3.21. The van der Waals surface area contributed by atoms with Crippen LogP contribution in [0.1, 0.15) is 273 Å². The molecule has 0 amide bonds. The van der Waals surface area contributed by atoms with E-state index in [4.69, 9.17) is 0 Å². The zero-order valence-corrected chi connectivity index (χ0v) is 54.4. The molecule has 395 valence electrons. The first-order valence-corrected chi connectivity index (χ1v) is 49.8. The van der Waals surface area contributed by atoms with Crippen molar-refractivity contribution in [2.75, 3.05) is 0 Å². The first-order valence-electron chi connectivity index (χ1n) is 27.2. The molecule has 0 aliphatic heterocycles. The van der Waals surface area contributed by atoms with E-state index < -0.39 is 0 Å². The van der Waals surface area contributed by atoms with Crippen LogP contribution in [0.15, 0.2) is 24.3 Å². The monoisotopic (exact) mass is 1570 g/mol. The summed E-state index contributed by atoms with van der Waals surface area (Å²) in [6.45, 7) is 9.80. The zero-order valence-electron chi connectivity index (χ0n) is 40.8. The third kappa shape index (κ3) is 27.8. The molecule has 0 spiro atoms. The second kappa shape index (κ2) is 39.4. The van der Waals surface area contributed by atoms with Crippen LogP contribution in [0.3, 0.4) is 0 Å². The molecule has 7 aliphatic carbocycles. The van der Waals surface area contributed by atoms with Gasteiger partial charge in [0.05, 0.1) is 0 Å². The molecule has 0 unspecified atom stereocenters. The van der Waals surface area contributed by atoms with Gasteiger partial charge < -0.3 is 0 Å². The number of rotatable bonds is 10. The Morgan fingerprint density at radius 2 is 0.597 bits per heavy atom. The maximum absolute atomic E-state index is 2.47. The van der Waals surface area contributed by atoms with E-state index in [2.05, 4.69) is 152 Å². The molecule has 7 heteroatoms. The van der Waals surface area contributed by atoms with Gasteiger partial charge in [-0.3, -0.25) is 0 Å². The first-order chi connectivity index (χ1) is 30.5. The summed E-state index contributed by atoms with van der Waals surface area (Å²) in [5.74, 6) is 14.5. The Labute approximate surface area is 488 Å². The van der Waals surface area contributed by atoms with E-state index in [1.165, 1.54) is 109 Å². The van der Waals surface area contributed by atoms with Crippen molar-refractivity contribution in [1.29, 1.82) is 0 Å². The summed E-state index contributed by atoms with van der Waals surface area (Å²) < 4.78 is 0. The Bertz CT molecular complexity index is 1270. The fourth-order valence-corrected chi connectivity index (χ4v) is 14.4. The van der Waals surface area contributed by atoms with Crippen molar-refractivity contribution in [2.45, 2.75) is 269 Å². The molecule has 0 radical (unpaired) electrons. The summed E-state index contributed by atoms with van der Waals surface area (Å²) in [4.78, 5) is -0.278. The average molecular weight is 1570 g/mol. The number of hydrogen-bond donors (Lipinski definition) is 0. The summed E-state index contributed by atoms with van der Waals surface area (Å²) in [6.07, 6.45) is 48.7. The predicted molar refractivity (Wildman–Crippen MR) is 341 cm³/mol. The van der Waals surface area contributed by atoms with E-state index in [1.807, 2.05) is 0 Å². The van der Waals surface area contributed by atoms with Crippen LogP contribution in [0, 0.1) is 76.9 Å².